The summed E-state index contributed by atoms with van der Waals surface area (Å²) in [6, 6.07) is 13.0. The average Bonchev–Trinajstić information content (AvgIpc) is 2.33. The van der Waals surface area contributed by atoms with Crippen LogP contribution in [0.15, 0.2) is 45.3 Å². The van der Waals surface area contributed by atoms with Crippen molar-refractivity contribution < 1.29 is 0 Å². The van der Waals surface area contributed by atoms with Crippen molar-refractivity contribution in [1.29, 1.82) is 0 Å². The smallest absolute Gasteiger partial charge is 0.0496 e. The molecule has 0 radical (unpaired) electrons. The van der Waals surface area contributed by atoms with E-state index in [0.29, 0.717) is 0 Å². The number of hydrogen-bond donors (Lipinski definition) is 1. The molecule has 2 aromatic rings. The molecule has 1 nitrogen and oxygen atoms in total. The van der Waals surface area contributed by atoms with Gasteiger partial charge in [-0.15, -0.1) is 0 Å². The van der Waals surface area contributed by atoms with E-state index in [4.69, 9.17) is 0 Å². The van der Waals surface area contributed by atoms with Gasteiger partial charge in [0, 0.05) is 24.2 Å². The topological polar surface area (TPSA) is 12.0 Å². The molecular formula is C15H14Br2IN. The van der Waals surface area contributed by atoms with Crippen LogP contribution in [0.3, 0.4) is 0 Å². The van der Waals surface area contributed by atoms with Crippen LogP contribution in [0.2, 0.25) is 0 Å². The monoisotopic (exact) mass is 493 g/mol. The van der Waals surface area contributed by atoms with Gasteiger partial charge in [0.25, 0.3) is 0 Å². The predicted octanol–water partition coefficient (Wildman–Crippen LogP) is 6.30. The Balaban J connectivity index is 2.20. The Morgan fingerprint density at radius 3 is 2.47 bits per heavy atom. The number of nitrogens with one attached hydrogen (secondary N) is 1. The van der Waals surface area contributed by atoms with Crippen molar-refractivity contribution >= 4 is 60.1 Å². The third-order valence-corrected chi connectivity index (χ3v) is 5.33. The molecule has 0 bridgehead atoms. The first-order chi connectivity index (χ1) is 8.97. The molecule has 0 amide bonds. The van der Waals surface area contributed by atoms with Crippen LogP contribution < -0.4 is 5.32 Å². The van der Waals surface area contributed by atoms with Crippen molar-refractivity contribution in [2.75, 3.05) is 5.32 Å². The van der Waals surface area contributed by atoms with Crippen LogP contribution in [0, 0.1) is 10.5 Å². The second-order valence-electron chi connectivity index (χ2n) is 4.50. The largest absolute Gasteiger partial charge is 0.378 e. The summed E-state index contributed by atoms with van der Waals surface area (Å²) in [6.07, 6.45) is 0. The summed E-state index contributed by atoms with van der Waals surface area (Å²) in [5.74, 6) is 0. The van der Waals surface area contributed by atoms with E-state index < -0.39 is 0 Å². The second kappa shape index (κ2) is 6.59. The van der Waals surface area contributed by atoms with E-state index in [0.717, 1.165) is 14.6 Å². The standard InChI is InChI=1S/C15H14Br2IN/c1-9-3-5-12(8-15(9)18)19-10(2)13-6-4-11(16)7-14(13)17/h3-8,10,19H,1-2H3. The van der Waals surface area contributed by atoms with E-state index in [2.05, 4.69) is 110 Å². The highest BCUT2D eigenvalue weighted by molar-refractivity contribution is 14.1. The molecule has 0 fully saturated rings. The highest BCUT2D eigenvalue weighted by atomic mass is 127. The van der Waals surface area contributed by atoms with E-state index in [1.54, 1.807) is 0 Å². The third-order valence-electron chi connectivity index (χ3n) is 2.98. The lowest BCUT2D eigenvalue weighted by molar-refractivity contribution is 0.878. The molecule has 1 unspecified atom stereocenters. The molecule has 0 heterocycles. The molecule has 1 N–H and O–H groups in total. The molecule has 1 atom stereocenters. The van der Waals surface area contributed by atoms with Crippen LogP contribution in [0.5, 0.6) is 0 Å². The Bertz CT molecular complexity index is 599. The Morgan fingerprint density at radius 2 is 1.84 bits per heavy atom. The minimum Gasteiger partial charge on any atom is -0.378 e. The number of halogens is 3. The lowest BCUT2D eigenvalue weighted by Crippen LogP contribution is -2.07. The fourth-order valence-electron chi connectivity index (χ4n) is 1.86. The van der Waals surface area contributed by atoms with Crippen LogP contribution in [0.25, 0.3) is 0 Å². The van der Waals surface area contributed by atoms with Gasteiger partial charge in [-0.05, 0) is 71.8 Å². The molecule has 0 aromatic heterocycles. The molecular weight excluding hydrogens is 481 g/mol. The molecule has 0 saturated carbocycles. The maximum atomic E-state index is 3.62. The molecule has 0 spiro atoms. The Hall–Kier alpha value is -0.0700. The Morgan fingerprint density at radius 1 is 1.11 bits per heavy atom. The fraction of sp³-hybridized carbons (Fsp3) is 0.200. The first kappa shape index (κ1) is 15.3. The SMILES string of the molecule is Cc1ccc(NC(C)c2ccc(Br)cc2Br)cc1I. The molecule has 4 heteroatoms. The van der Waals surface area contributed by atoms with Gasteiger partial charge in [0.05, 0.1) is 0 Å². The second-order valence-corrected chi connectivity index (χ2v) is 7.43. The summed E-state index contributed by atoms with van der Waals surface area (Å²) in [5.41, 5.74) is 3.71. The van der Waals surface area contributed by atoms with Gasteiger partial charge < -0.3 is 5.32 Å². The zero-order valence-corrected chi connectivity index (χ0v) is 16.0. The number of anilines is 1. The zero-order valence-electron chi connectivity index (χ0n) is 10.7. The van der Waals surface area contributed by atoms with Crippen LogP contribution in [0.1, 0.15) is 24.1 Å². The fourth-order valence-corrected chi connectivity index (χ4v) is 3.77. The van der Waals surface area contributed by atoms with Crippen LogP contribution in [-0.2, 0) is 0 Å². The molecule has 19 heavy (non-hydrogen) atoms. The van der Waals surface area contributed by atoms with Crippen molar-refractivity contribution in [1.82, 2.24) is 0 Å². The number of rotatable bonds is 3. The van der Waals surface area contributed by atoms with E-state index in [1.165, 1.54) is 14.7 Å². The van der Waals surface area contributed by atoms with Crippen molar-refractivity contribution in [2.45, 2.75) is 19.9 Å². The Kier molecular flexibility index (Phi) is 5.31. The van der Waals surface area contributed by atoms with Crippen LogP contribution in [0.4, 0.5) is 5.69 Å². The first-order valence-electron chi connectivity index (χ1n) is 5.95. The normalized spacial score (nSPS) is 12.3. The Labute approximate surface area is 144 Å². The number of hydrogen-bond acceptors (Lipinski definition) is 1. The molecule has 0 aliphatic heterocycles. The average molecular weight is 495 g/mol. The third kappa shape index (κ3) is 3.95. The maximum Gasteiger partial charge on any atom is 0.0496 e. The minimum atomic E-state index is 0.251. The predicted molar refractivity (Wildman–Crippen MR) is 97.8 cm³/mol. The number of aryl methyl sites for hydroxylation is 1. The van der Waals surface area contributed by atoms with E-state index in [1.807, 2.05) is 0 Å². The van der Waals surface area contributed by atoms with Crippen LogP contribution in [-0.4, -0.2) is 0 Å². The molecule has 0 aliphatic carbocycles. The lowest BCUT2D eigenvalue weighted by atomic mass is 10.1. The van der Waals surface area contributed by atoms with Crippen molar-refractivity contribution in [3.05, 3.63) is 60.0 Å². The molecule has 2 aromatic carbocycles. The highest BCUT2D eigenvalue weighted by Gasteiger charge is 2.10. The van der Waals surface area contributed by atoms with Gasteiger partial charge >= 0.3 is 0 Å². The summed E-state index contributed by atoms with van der Waals surface area (Å²) < 4.78 is 3.48. The summed E-state index contributed by atoms with van der Waals surface area (Å²) in [5, 5.41) is 3.54. The van der Waals surface area contributed by atoms with Gasteiger partial charge in [0.15, 0.2) is 0 Å². The van der Waals surface area contributed by atoms with Crippen LogP contribution >= 0.6 is 54.5 Å². The van der Waals surface area contributed by atoms with Crippen molar-refractivity contribution in [3.8, 4) is 0 Å². The van der Waals surface area contributed by atoms with E-state index >= 15 is 0 Å². The minimum absolute atomic E-state index is 0.251. The van der Waals surface area contributed by atoms with Gasteiger partial charge in [-0.2, -0.15) is 0 Å². The first-order valence-corrected chi connectivity index (χ1v) is 8.61. The highest BCUT2D eigenvalue weighted by Crippen LogP contribution is 2.29. The van der Waals surface area contributed by atoms with Gasteiger partial charge in [-0.25, -0.2) is 0 Å². The van der Waals surface area contributed by atoms with Crippen molar-refractivity contribution in [2.24, 2.45) is 0 Å². The summed E-state index contributed by atoms with van der Waals surface area (Å²) in [7, 11) is 0. The molecule has 0 saturated heterocycles. The molecule has 100 valence electrons. The van der Waals surface area contributed by atoms with E-state index in [9.17, 15) is 0 Å². The summed E-state index contributed by atoms with van der Waals surface area (Å²) in [6.45, 7) is 4.29. The molecule has 0 aliphatic rings. The zero-order chi connectivity index (χ0) is 14.0. The van der Waals surface area contributed by atoms with Gasteiger partial charge in [0.1, 0.15) is 0 Å². The maximum absolute atomic E-state index is 3.62. The van der Waals surface area contributed by atoms with Crippen molar-refractivity contribution in [3.63, 3.8) is 0 Å². The number of benzene rings is 2. The van der Waals surface area contributed by atoms with Gasteiger partial charge in [-0.3, -0.25) is 0 Å². The quantitative estimate of drug-likeness (QED) is 0.494. The van der Waals surface area contributed by atoms with Gasteiger partial charge in [-0.1, -0.05) is 44.0 Å². The van der Waals surface area contributed by atoms with E-state index in [-0.39, 0.29) is 6.04 Å². The molecule has 2 rings (SSSR count). The summed E-state index contributed by atoms with van der Waals surface area (Å²) >= 11 is 9.46. The van der Waals surface area contributed by atoms with Gasteiger partial charge in [0.2, 0.25) is 0 Å². The summed E-state index contributed by atoms with van der Waals surface area (Å²) in [4.78, 5) is 0. The lowest BCUT2D eigenvalue weighted by Gasteiger charge is -2.18.